The van der Waals surface area contributed by atoms with Gasteiger partial charge in [0, 0.05) is 25.2 Å². The van der Waals surface area contributed by atoms with Crippen LogP contribution in [0.1, 0.15) is 47.5 Å². The van der Waals surface area contributed by atoms with Crippen LogP contribution in [0.5, 0.6) is 0 Å². The van der Waals surface area contributed by atoms with Gasteiger partial charge < -0.3 is 9.32 Å². The van der Waals surface area contributed by atoms with Crippen LogP contribution in [-0.4, -0.2) is 38.9 Å². The van der Waals surface area contributed by atoms with Gasteiger partial charge in [-0.3, -0.25) is 4.79 Å². The molecule has 2 aromatic heterocycles. The molecule has 21 heavy (non-hydrogen) atoms. The molecule has 0 spiro atoms. The average molecular weight is 351 g/mol. The summed E-state index contributed by atoms with van der Waals surface area (Å²) in [7, 11) is 0. The Kier molecular flexibility index (Phi) is 3.10. The van der Waals surface area contributed by atoms with Crippen LogP contribution in [0.3, 0.4) is 0 Å². The SMILES string of the molecule is O=C(c1ccc(Br)o1)N1CCC(n2cc(C3CC3)nn2)C1. The summed E-state index contributed by atoms with van der Waals surface area (Å²) < 4.78 is 7.82. The topological polar surface area (TPSA) is 64.2 Å². The Balaban J connectivity index is 1.45. The maximum atomic E-state index is 12.3. The highest BCUT2D eigenvalue weighted by atomic mass is 79.9. The van der Waals surface area contributed by atoms with Crippen LogP contribution in [0.2, 0.25) is 0 Å². The molecule has 1 saturated heterocycles. The van der Waals surface area contributed by atoms with E-state index in [-0.39, 0.29) is 11.9 Å². The molecule has 0 N–H and O–H groups in total. The molecule has 2 fully saturated rings. The smallest absolute Gasteiger partial charge is 0.289 e. The molecule has 1 amide bonds. The maximum Gasteiger partial charge on any atom is 0.289 e. The van der Waals surface area contributed by atoms with E-state index in [0.717, 1.165) is 18.7 Å². The van der Waals surface area contributed by atoms with Crippen LogP contribution in [0.15, 0.2) is 27.4 Å². The number of halogens is 1. The lowest BCUT2D eigenvalue weighted by molar-refractivity contribution is 0.0754. The van der Waals surface area contributed by atoms with E-state index >= 15 is 0 Å². The Labute approximate surface area is 130 Å². The second-order valence-electron chi connectivity index (χ2n) is 5.70. The normalized spacial score (nSPS) is 22.0. The lowest BCUT2D eigenvalue weighted by Gasteiger charge is -2.14. The molecule has 1 saturated carbocycles. The molecule has 0 bridgehead atoms. The summed E-state index contributed by atoms with van der Waals surface area (Å²) in [4.78, 5) is 14.1. The van der Waals surface area contributed by atoms with E-state index in [1.165, 1.54) is 12.8 Å². The summed E-state index contributed by atoms with van der Waals surface area (Å²) in [5.74, 6) is 0.920. The van der Waals surface area contributed by atoms with Gasteiger partial charge >= 0.3 is 0 Å². The fourth-order valence-electron chi connectivity index (χ4n) is 2.76. The van der Waals surface area contributed by atoms with Gasteiger partial charge in [0.1, 0.15) is 0 Å². The first-order valence-electron chi connectivity index (χ1n) is 7.17. The van der Waals surface area contributed by atoms with Crippen LogP contribution in [0, 0.1) is 0 Å². The molecule has 6 nitrogen and oxygen atoms in total. The van der Waals surface area contributed by atoms with E-state index in [2.05, 4.69) is 26.2 Å². The van der Waals surface area contributed by atoms with Gasteiger partial charge in [-0.1, -0.05) is 5.21 Å². The predicted octanol–water partition coefficient (Wildman–Crippen LogP) is 2.60. The van der Waals surface area contributed by atoms with E-state index in [0.29, 0.717) is 22.9 Å². The number of hydrogen-bond acceptors (Lipinski definition) is 4. The molecule has 1 aliphatic heterocycles. The zero-order valence-electron chi connectivity index (χ0n) is 11.4. The second-order valence-corrected chi connectivity index (χ2v) is 6.48. The number of furan rings is 1. The zero-order valence-corrected chi connectivity index (χ0v) is 13.0. The van der Waals surface area contributed by atoms with Crippen molar-refractivity contribution in [2.45, 2.75) is 31.2 Å². The van der Waals surface area contributed by atoms with E-state index in [4.69, 9.17) is 4.42 Å². The third-order valence-electron chi connectivity index (χ3n) is 4.13. The zero-order chi connectivity index (χ0) is 14.4. The van der Waals surface area contributed by atoms with Gasteiger partial charge in [-0.25, -0.2) is 4.68 Å². The minimum Gasteiger partial charge on any atom is -0.444 e. The summed E-state index contributed by atoms with van der Waals surface area (Å²) in [6.45, 7) is 1.38. The molecule has 0 aromatic carbocycles. The Morgan fingerprint density at radius 2 is 2.19 bits per heavy atom. The van der Waals surface area contributed by atoms with E-state index in [9.17, 15) is 4.79 Å². The third kappa shape index (κ3) is 2.50. The molecule has 0 radical (unpaired) electrons. The second kappa shape index (κ2) is 4.98. The molecule has 1 aliphatic carbocycles. The largest absolute Gasteiger partial charge is 0.444 e. The molecular formula is C14H15BrN4O2. The fraction of sp³-hybridized carbons (Fsp3) is 0.500. The van der Waals surface area contributed by atoms with Crippen molar-refractivity contribution < 1.29 is 9.21 Å². The first-order valence-corrected chi connectivity index (χ1v) is 7.96. The molecule has 7 heteroatoms. The first-order chi connectivity index (χ1) is 10.2. The van der Waals surface area contributed by atoms with Crippen molar-refractivity contribution in [1.29, 1.82) is 0 Å². The fourth-order valence-corrected chi connectivity index (χ4v) is 3.07. The van der Waals surface area contributed by atoms with Crippen molar-refractivity contribution in [2.75, 3.05) is 13.1 Å². The van der Waals surface area contributed by atoms with Gasteiger partial charge in [0.2, 0.25) is 0 Å². The van der Waals surface area contributed by atoms with Gasteiger partial charge in [0.15, 0.2) is 10.4 Å². The highest BCUT2D eigenvalue weighted by Crippen LogP contribution is 2.39. The summed E-state index contributed by atoms with van der Waals surface area (Å²) in [6, 6.07) is 3.65. The number of nitrogens with zero attached hydrogens (tertiary/aromatic N) is 4. The van der Waals surface area contributed by atoms with Gasteiger partial charge in [-0.15, -0.1) is 5.10 Å². The van der Waals surface area contributed by atoms with Gasteiger partial charge in [0.05, 0.1) is 11.7 Å². The highest BCUT2D eigenvalue weighted by Gasteiger charge is 2.32. The Morgan fingerprint density at radius 3 is 2.90 bits per heavy atom. The monoisotopic (exact) mass is 350 g/mol. The van der Waals surface area contributed by atoms with Crippen molar-refractivity contribution >= 4 is 21.8 Å². The summed E-state index contributed by atoms with van der Waals surface area (Å²) in [6.07, 6.45) is 5.39. The number of hydrogen-bond donors (Lipinski definition) is 0. The standard InChI is InChI=1S/C14H15BrN4O2/c15-13-4-3-12(21-13)14(20)18-6-5-10(7-18)19-8-11(16-17-19)9-1-2-9/h3-4,8-10H,1-2,5-7H2. The summed E-state index contributed by atoms with van der Waals surface area (Å²) in [5.41, 5.74) is 1.09. The van der Waals surface area contributed by atoms with Crippen molar-refractivity contribution in [2.24, 2.45) is 0 Å². The number of rotatable bonds is 3. The number of aromatic nitrogens is 3. The molecule has 3 heterocycles. The third-order valence-corrected chi connectivity index (χ3v) is 4.56. The number of likely N-dealkylation sites (tertiary alicyclic amines) is 1. The average Bonchev–Trinajstić information content (AvgIpc) is 2.94. The lowest BCUT2D eigenvalue weighted by Crippen LogP contribution is -2.28. The Bertz CT molecular complexity index is 676. The van der Waals surface area contributed by atoms with E-state index in [1.807, 2.05) is 15.8 Å². The quantitative estimate of drug-likeness (QED) is 0.853. The minimum atomic E-state index is -0.0641. The van der Waals surface area contributed by atoms with E-state index in [1.54, 1.807) is 12.1 Å². The minimum absolute atomic E-state index is 0.0641. The predicted molar refractivity (Wildman–Crippen MR) is 78.0 cm³/mol. The van der Waals surface area contributed by atoms with Crippen LogP contribution in [0.4, 0.5) is 0 Å². The number of amides is 1. The Morgan fingerprint density at radius 1 is 1.33 bits per heavy atom. The highest BCUT2D eigenvalue weighted by molar-refractivity contribution is 9.10. The van der Waals surface area contributed by atoms with Gasteiger partial charge in [0.25, 0.3) is 5.91 Å². The van der Waals surface area contributed by atoms with E-state index < -0.39 is 0 Å². The van der Waals surface area contributed by atoms with Crippen LogP contribution in [-0.2, 0) is 0 Å². The van der Waals surface area contributed by atoms with Gasteiger partial charge in [-0.05, 0) is 47.3 Å². The first kappa shape index (κ1) is 13.1. The van der Waals surface area contributed by atoms with Crippen molar-refractivity contribution in [1.82, 2.24) is 19.9 Å². The molecule has 1 unspecified atom stereocenters. The van der Waals surface area contributed by atoms with Crippen LogP contribution in [0.25, 0.3) is 0 Å². The van der Waals surface area contributed by atoms with Crippen LogP contribution >= 0.6 is 15.9 Å². The van der Waals surface area contributed by atoms with Gasteiger partial charge in [-0.2, -0.15) is 0 Å². The number of carbonyl (C=O) groups excluding carboxylic acids is 1. The Hall–Kier alpha value is -1.63. The molecule has 1 atom stereocenters. The molecule has 2 aliphatic rings. The summed E-state index contributed by atoms with van der Waals surface area (Å²) >= 11 is 3.22. The lowest BCUT2D eigenvalue weighted by atomic mass is 10.2. The molecule has 4 rings (SSSR count). The maximum absolute atomic E-state index is 12.3. The molecule has 110 valence electrons. The summed E-state index contributed by atoms with van der Waals surface area (Å²) in [5, 5.41) is 8.47. The van der Waals surface area contributed by atoms with Crippen molar-refractivity contribution in [3.05, 3.63) is 34.5 Å². The number of carbonyl (C=O) groups is 1. The molecular weight excluding hydrogens is 336 g/mol. The molecule has 2 aromatic rings. The van der Waals surface area contributed by atoms with Crippen LogP contribution < -0.4 is 0 Å². The van der Waals surface area contributed by atoms with Crippen molar-refractivity contribution in [3.63, 3.8) is 0 Å². The van der Waals surface area contributed by atoms with Crippen molar-refractivity contribution in [3.8, 4) is 0 Å².